The van der Waals surface area contributed by atoms with Crippen LogP contribution in [-0.2, 0) is 30.4 Å². The van der Waals surface area contributed by atoms with Crippen molar-refractivity contribution < 1.29 is 48.4 Å². The molecule has 3 aromatic carbocycles. The number of phenolic OH excluding ortho intramolecular Hbond substituents is 1. The number of nitrogens with one attached hydrogen (secondary N) is 1. The van der Waals surface area contributed by atoms with Gasteiger partial charge in [-0.25, -0.2) is 0 Å². The van der Waals surface area contributed by atoms with Crippen LogP contribution >= 0.6 is 23.2 Å². The largest absolute Gasteiger partial charge is 0.507 e. The highest BCUT2D eigenvalue weighted by molar-refractivity contribution is 7.86. The normalized spacial score (nSPS) is 12.7. The van der Waals surface area contributed by atoms with Crippen molar-refractivity contribution >= 4 is 92.9 Å². The summed E-state index contributed by atoms with van der Waals surface area (Å²) in [7, 11) is -15.1. The molecule has 4 rings (SSSR count). The van der Waals surface area contributed by atoms with E-state index in [1.165, 1.54) is 0 Å². The van der Waals surface area contributed by atoms with Crippen molar-refractivity contribution in [2.75, 3.05) is 11.1 Å². The summed E-state index contributed by atoms with van der Waals surface area (Å²) in [5, 5.41) is 18.3. The minimum absolute atomic E-state index is 0.0794. The Morgan fingerprint density at radius 3 is 2.10 bits per heavy atom. The maximum absolute atomic E-state index is 13.8. The third-order valence-electron chi connectivity index (χ3n) is 5.28. The number of nitrogen functional groups attached to an aromatic ring is 1. The Labute approximate surface area is 244 Å². The van der Waals surface area contributed by atoms with Gasteiger partial charge >= 0.3 is 0 Å². The number of aromatic hydroxyl groups is 1. The van der Waals surface area contributed by atoms with Crippen LogP contribution in [0.5, 0.6) is 5.75 Å². The van der Waals surface area contributed by atoms with Gasteiger partial charge in [-0.05, 0) is 47.3 Å². The Kier molecular flexibility index (Phi) is 8.03. The molecule has 0 atom stereocenters. The summed E-state index contributed by atoms with van der Waals surface area (Å²) in [5.41, 5.74) is 3.73. The highest BCUT2D eigenvalue weighted by atomic mass is 35.5. The third kappa shape index (κ3) is 6.34. The SMILES string of the molecule is Nc1c(N=Nc2cc(Nc3nc(Cl)nc(F)c3Cl)ccc2S(=O)(=O)O)c(S(=O)(=O)O)cc2cc(S(=O)(=O)O)cc(O)c12. The first-order chi connectivity index (χ1) is 19.3. The third-order valence-corrected chi connectivity index (χ3v) is 8.39. The van der Waals surface area contributed by atoms with Crippen molar-refractivity contribution in [1.29, 1.82) is 0 Å². The fraction of sp³-hybridized carbons (Fsp3) is 0. The number of aromatic nitrogens is 2. The number of fused-ring (bicyclic) bond motifs is 1. The number of phenols is 1. The average molecular weight is 683 g/mol. The summed E-state index contributed by atoms with van der Waals surface area (Å²) < 4.78 is 114. The zero-order chi connectivity index (χ0) is 31.4. The summed E-state index contributed by atoms with van der Waals surface area (Å²) in [6, 6.07) is 4.83. The molecule has 0 amide bonds. The highest BCUT2D eigenvalue weighted by Crippen LogP contribution is 2.43. The van der Waals surface area contributed by atoms with Crippen LogP contribution in [-0.4, -0.2) is 54.0 Å². The molecule has 42 heavy (non-hydrogen) atoms. The second-order valence-electron chi connectivity index (χ2n) is 8.06. The zero-order valence-corrected chi connectivity index (χ0v) is 23.9. The second-order valence-corrected chi connectivity index (χ2v) is 13.0. The Hall–Kier alpha value is -3.76. The van der Waals surface area contributed by atoms with E-state index in [1.54, 1.807) is 0 Å². The predicted molar refractivity (Wildman–Crippen MR) is 145 cm³/mol. The van der Waals surface area contributed by atoms with Gasteiger partial charge in [-0.1, -0.05) is 11.6 Å². The molecule has 22 heteroatoms. The van der Waals surface area contributed by atoms with Gasteiger partial charge in [0, 0.05) is 17.1 Å². The van der Waals surface area contributed by atoms with Crippen molar-refractivity contribution in [1.82, 2.24) is 9.97 Å². The van der Waals surface area contributed by atoms with Crippen LogP contribution in [0, 0.1) is 5.95 Å². The van der Waals surface area contributed by atoms with Crippen molar-refractivity contribution in [2.24, 2.45) is 10.2 Å². The van der Waals surface area contributed by atoms with Gasteiger partial charge < -0.3 is 16.2 Å². The Morgan fingerprint density at radius 1 is 0.857 bits per heavy atom. The molecule has 0 fully saturated rings. The highest BCUT2D eigenvalue weighted by Gasteiger charge is 2.25. The summed E-state index contributed by atoms with van der Waals surface area (Å²) >= 11 is 11.4. The number of azo groups is 1. The molecule has 16 nitrogen and oxygen atoms in total. The molecule has 0 bridgehead atoms. The summed E-state index contributed by atoms with van der Waals surface area (Å²) in [5.74, 6) is -2.40. The van der Waals surface area contributed by atoms with E-state index in [0.29, 0.717) is 12.1 Å². The van der Waals surface area contributed by atoms with E-state index in [1.807, 2.05) is 0 Å². The van der Waals surface area contributed by atoms with E-state index in [2.05, 4.69) is 25.5 Å². The molecule has 0 aliphatic rings. The maximum Gasteiger partial charge on any atom is 0.296 e. The number of rotatable bonds is 7. The lowest BCUT2D eigenvalue weighted by molar-refractivity contribution is 0.471. The number of hydrogen-bond donors (Lipinski definition) is 6. The van der Waals surface area contributed by atoms with E-state index in [9.17, 15) is 48.4 Å². The standard InChI is InChI=1S/C20H13Cl2FN6O10S3/c21-15-18(23)26-20(22)27-19(15)25-8-1-2-12(41(34,35)36)10(5-8)28-29-17-13(42(37,38)39)4-7-3-9(40(31,32)33)6-11(30)14(7)16(17)24/h1-6,30H,24H2,(H,25,26,27)(H,31,32,33)(H,34,35,36)(H,37,38,39). The smallest absolute Gasteiger partial charge is 0.296 e. The van der Waals surface area contributed by atoms with Crippen LogP contribution in [0.25, 0.3) is 10.8 Å². The van der Waals surface area contributed by atoms with Crippen LogP contribution in [0.1, 0.15) is 0 Å². The molecule has 0 radical (unpaired) electrons. The monoisotopic (exact) mass is 682 g/mol. The molecule has 0 saturated heterocycles. The van der Waals surface area contributed by atoms with E-state index in [4.69, 9.17) is 28.9 Å². The first-order valence-electron chi connectivity index (χ1n) is 10.5. The van der Waals surface area contributed by atoms with Crippen LogP contribution in [0.4, 0.5) is 33.0 Å². The minimum Gasteiger partial charge on any atom is -0.507 e. The minimum atomic E-state index is -5.20. The molecule has 7 N–H and O–H groups in total. The van der Waals surface area contributed by atoms with Gasteiger partial charge in [0.15, 0.2) is 5.82 Å². The van der Waals surface area contributed by atoms with Gasteiger partial charge in [0.2, 0.25) is 11.2 Å². The maximum atomic E-state index is 13.8. The molecule has 0 unspecified atom stereocenters. The summed E-state index contributed by atoms with van der Waals surface area (Å²) in [4.78, 5) is 4.14. The molecule has 0 aliphatic carbocycles. The Bertz CT molecular complexity index is 2170. The van der Waals surface area contributed by atoms with Gasteiger partial charge in [-0.15, -0.1) is 10.2 Å². The molecular formula is C20H13Cl2FN6O10S3. The van der Waals surface area contributed by atoms with Crippen LogP contribution in [0.15, 0.2) is 61.3 Å². The fourth-order valence-corrected chi connectivity index (χ4v) is 5.65. The molecule has 0 saturated carbocycles. The predicted octanol–water partition coefficient (Wildman–Crippen LogP) is 4.26. The Morgan fingerprint density at radius 2 is 1.50 bits per heavy atom. The van der Waals surface area contributed by atoms with Crippen molar-refractivity contribution in [3.63, 3.8) is 0 Å². The zero-order valence-electron chi connectivity index (χ0n) is 19.9. The number of anilines is 3. The van der Waals surface area contributed by atoms with E-state index in [0.717, 1.165) is 24.3 Å². The lowest BCUT2D eigenvalue weighted by Gasteiger charge is -2.12. The fourth-order valence-electron chi connectivity index (χ4n) is 3.55. The van der Waals surface area contributed by atoms with Crippen LogP contribution in [0.3, 0.4) is 0 Å². The number of benzene rings is 3. The summed E-state index contributed by atoms with van der Waals surface area (Å²) in [6.07, 6.45) is 0. The van der Waals surface area contributed by atoms with Crippen molar-refractivity contribution in [2.45, 2.75) is 14.7 Å². The quantitative estimate of drug-likeness (QED) is 0.0522. The molecule has 1 heterocycles. The molecule has 0 spiro atoms. The van der Waals surface area contributed by atoms with Gasteiger partial charge in [-0.3, -0.25) is 13.7 Å². The van der Waals surface area contributed by atoms with Crippen LogP contribution < -0.4 is 11.1 Å². The molecule has 4 aromatic rings. The lowest BCUT2D eigenvalue weighted by atomic mass is 10.1. The van der Waals surface area contributed by atoms with Crippen molar-refractivity contribution in [3.8, 4) is 5.75 Å². The van der Waals surface area contributed by atoms with E-state index in [-0.39, 0.29) is 22.3 Å². The number of nitrogens with two attached hydrogens (primary N) is 1. The molecule has 1 aromatic heterocycles. The second kappa shape index (κ2) is 10.8. The first-order valence-corrected chi connectivity index (χ1v) is 15.6. The molecule has 0 aliphatic heterocycles. The van der Waals surface area contributed by atoms with E-state index < -0.39 is 84.1 Å². The topological polar surface area (TPSA) is 272 Å². The molecular weight excluding hydrogens is 670 g/mol. The van der Waals surface area contributed by atoms with Gasteiger partial charge in [0.25, 0.3) is 30.4 Å². The van der Waals surface area contributed by atoms with Gasteiger partial charge in [-0.2, -0.15) is 39.6 Å². The first kappa shape index (κ1) is 31.2. The van der Waals surface area contributed by atoms with Crippen molar-refractivity contribution in [3.05, 3.63) is 52.7 Å². The Balaban J connectivity index is 1.94. The molecule has 222 valence electrons. The summed E-state index contributed by atoms with van der Waals surface area (Å²) in [6.45, 7) is 0. The van der Waals surface area contributed by atoms with E-state index >= 15 is 0 Å². The van der Waals surface area contributed by atoms with Gasteiger partial charge in [0.1, 0.15) is 31.9 Å². The van der Waals surface area contributed by atoms with Crippen LogP contribution in [0.2, 0.25) is 10.3 Å². The number of hydrogen-bond acceptors (Lipinski definition) is 13. The van der Waals surface area contributed by atoms with Gasteiger partial charge in [0.05, 0.1) is 10.6 Å². The number of nitrogens with zero attached hydrogens (tertiary/aromatic N) is 4. The average Bonchev–Trinajstić information content (AvgIpc) is 2.84. The number of halogens is 3. The lowest BCUT2D eigenvalue weighted by Crippen LogP contribution is -2.03.